The molecule has 0 amide bonds. The lowest BCUT2D eigenvalue weighted by molar-refractivity contribution is -0.119. The van der Waals surface area contributed by atoms with Crippen molar-refractivity contribution in [3.05, 3.63) is 34.9 Å². The predicted octanol–water partition coefficient (Wildman–Crippen LogP) is 2.29. The maximum absolute atomic E-state index is 12.0. The Morgan fingerprint density at radius 1 is 1.28 bits per heavy atom. The molecule has 1 aliphatic heterocycles. The highest BCUT2D eigenvalue weighted by atomic mass is 16.1. The number of rotatable bonds is 4. The number of carbonyl (C=O) groups excluding carboxylic acids is 1. The van der Waals surface area contributed by atoms with E-state index in [0.29, 0.717) is 18.1 Å². The van der Waals surface area contributed by atoms with E-state index in [0.717, 1.165) is 25.9 Å². The van der Waals surface area contributed by atoms with Crippen LogP contribution in [0.4, 0.5) is 0 Å². The molecule has 1 N–H and O–H groups in total. The molecule has 2 aliphatic rings. The van der Waals surface area contributed by atoms with Gasteiger partial charge in [-0.15, -0.1) is 0 Å². The zero-order valence-corrected chi connectivity index (χ0v) is 10.9. The summed E-state index contributed by atoms with van der Waals surface area (Å²) in [5, 5.41) is 3.32. The van der Waals surface area contributed by atoms with Crippen molar-refractivity contribution in [3.8, 4) is 0 Å². The molecule has 0 radical (unpaired) electrons. The third kappa shape index (κ3) is 2.64. The summed E-state index contributed by atoms with van der Waals surface area (Å²) in [5.41, 5.74) is 4.18. The minimum atomic E-state index is 0.404. The number of fused-ring (bicyclic) bond motifs is 1. The first-order valence-corrected chi connectivity index (χ1v) is 7.14. The van der Waals surface area contributed by atoms with Gasteiger partial charge in [0, 0.05) is 12.8 Å². The minimum Gasteiger partial charge on any atom is -0.316 e. The summed E-state index contributed by atoms with van der Waals surface area (Å²) < 4.78 is 0. The van der Waals surface area contributed by atoms with Gasteiger partial charge < -0.3 is 5.32 Å². The largest absolute Gasteiger partial charge is 0.316 e. The Balaban J connectivity index is 1.60. The quantitative estimate of drug-likeness (QED) is 0.879. The van der Waals surface area contributed by atoms with E-state index in [-0.39, 0.29) is 0 Å². The summed E-state index contributed by atoms with van der Waals surface area (Å²) in [6.45, 7) is 2.10. The molecule has 0 saturated carbocycles. The molecule has 96 valence electrons. The van der Waals surface area contributed by atoms with Crippen molar-refractivity contribution in [2.45, 2.75) is 38.5 Å². The fourth-order valence-electron chi connectivity index (χ4n) is 3.25. The van der Waals surface area contributed by atoms with Crippen molar-refractivity contribution < 1.29 is 4.79 Å². The van der Waals surface area contributed by atoms with Gasteiger partial charge in [0.2, 0.25) is 0 Å². The van der Waals surface area contributed by atoms with Gasteiger partial charge >= 0.3 is 0 Å². The van der Waals surface area contributed by atoms with Crippen molar-refractivity contribution >= 4 is 5.78 Å². The molecule has 2 heteroatoms. The number of Topliss-reactive ketones (excluding diaryl/α,β-unsaturated/α-hetero) is 1. The molecule has 1 saturated heterocycles. The van der Waals surface area contributed by atoms with Gasteiger partial charge in [0.25, 0.3) is 0 Å². The maximum Gasteiger partial charge on any atom is 0.137 e. The fraction of sp³-hybridized carbons (Fsp3) is 0.562. The van der Waals surface area contributed by atoms with E-state index in [1.165, 1.54) is 36.0 Å². The van der Waals surface area contributed by atoms with Crippen LogP contribution >= 0.6 is 0 Å². The Kier molecular flexibility index (Phi) is 3.46. The topological polar surface area (TPSA) is 29.1 Å². The van der Waals surface area contributed by atoms with Crippen molar-refractivity contribution in [1.82, 2.24) is 5.32 Å². The highest BCUT2D eigenvalue weighted by Gasteiger charge is 2.18. The number of hydrogen-bond acceptors (Lipinski definition) is 2. The van der Waals surface area contributed by atoms with E-state index in [1.54, 1.807) is 0 Å². The Morgan fingerprint density at radius 3 is 3.00 bits per heavy atom. The second-order valence-electron chi connectivity index (χ2n) is 5.74. The summed E-state index contributed by atoms with van der Waals surface area (Å²) >= 11 is 0. The molecule has 18 heavy (non-hydrogen) atoms. The minimum absolute atomic E-state index is 0.404. The second-order valence-corrected chi connectivity index (χ2v) is 5.74. The van der Waals surface area contributed by atoms with E-state index in [2.05, 4.69) is 23.5 Å². The molecule has 1 atom stereocenters. The SMILES string of the molecule is O=C(Cc1ccc2c(c1)CCC2)CC1CCNC1. The van der Waals surface area contributed by atoms with Crippen LogP contribution in [0.25, 0.3) is 0 Å². The van der Waals surface area contributed by atoms with Crippen LogP contribution in [0.2, 0.25) is 0 Å². The number of benzene rings is 1. The zero-order valence-electron chi connectivity index (χ0n) is 10.9. The van der Waals surface area contributed by atoms with Crippen LogP contribution in [0.1, 0.15) is 36.0 Å². The standard InChI is InChI=1S/C16H21NO/c18-16(10-13-6-7-17-11-13)9-12-4-5-14-2-1-3-15(14)8-12/h4-5,8,13,17H,1-3,6-7,9-11H2. The normalized spacial score (nSPS) is 22.1. The lowest BCUT2D eigenvalue weighted by Gasteiger charge is -2.08. The third-order valence-electron chi connectivity index (χ3n) is 4.24. The molecular weight excluding hydrogens is 222 g/mol. The fourth-order valence-corrected chi connectivity index (χ4v) is 3.25. The van der Waals surface area contributed by atoms with Crippen LogP contribution < -0.4 is 5.32 Å². The molecule has 3 rings (SSSR count). The predicted molar refractivity (Wildman–Crippen MR) is 72.8 cm³/mol. The third-order valence-corrected chi connectivity index (χ3v) is 4.24. The number of carbonyl (C=O) groups is 1. The van der Waals surface area contributed by atoms with Gasteiger partial charge in [0.05, 0.1) is 0 Å². The van der Waals surface area contributed by atoms with Crippen molar-refractivity contribution in [2.75, 3.05) is 13.1 Å². The zero-order chi connectivity index (χ0) is 12.4. The molecule has 1 aliphatic carbocycles. The number of hydrogen-bond donors (Lipinski definition) is 1. The van der Waals surface area contributed by atoms with Crippen molar-refractivity contribution in [1.29, 1.82) is 0 Å². The van der Waals surface area contributed by atoms with Gasteiger partial charge in [0.1, 0.15) is 5.78 Å². The Morgan fingerprint density at radius 2 is 2.17 bits per heavy atom. The Hall–Kier alpha value is -1.15. The first-order chi connectivity index (χ1) is 8.81. The molecule has 1 heterocycles. The molecule has 1 unspecified atom stereocenters. The van der Waals surface area contributed by atoms with Crippen LogP contribution in [-0.4, -0.2) is 18.9 Å². The van der Waals surface area contributed by atoms with E-state index in [1.807, 2.05) is 0 Å². The monoisotopic (exact) mass is 243 g/mol. The van der Waals surface area contributed by atoms with E-state index >= 15 is 0 Å². The van der Waals surface area contributed by atoms with Gasteiger partial charge in [-0.3, -0.25) is 4.79 Å². The first kappa shape index (κ1) is 11.9. The number of ketones is 1. The van der Waals surface area contributed by atoms with Crippen molar-refractivity contribution in [2.24, 2.45) is 5.92 Å². The molecule has 1 aromatic carbocycles. The van der Waals surface area contributed by atoms with Crippen molar-refractivity contribution in [3.63, 3.8) is 0 Å². The number of nitrogens with one attached hydrogen (secondary N) is 1. The smallest absolute Gasteiger partial charge is 0.137 e. The summed E-state index contributed by atoms with van der Waals surface area (Å²) in [6, 6.07) is 6.63. The molecule has 0 spiro atoms. The molecule has 1 aromatic rings. The lowest BCUT2D eigenvalue weighted by Crippen LogP contribution is -2.14. The summed E-state index contributed by atoms with van der Waals surface area (Å²) in [5.74, 6) is 0.980. The summed E-state index contributed by atoms with van der Waals surface area (Å²) in [7, 11) is 0. The number of aryl methyl sites for hydroxylation is 2. The summed E-state index contributed by atoms with van der Waals surface area (Å²) in [6.07, 6.45) is 6.24. The van der Waals surface area contributed by atoms with E-state index in [9.17, 15) is 4.79 Å². The van der Waals surface area contributed by atoms with Gasteiger partial charge in [-0.05, 0) is 61.4 Å². The van der Waals surface area contributed by atoms with Crippen LogP contribution in [0.3, 0.4) is 0 Å². The van der Waals surface area contributed by atoms with Crippen LogP contribution in [-0.2, 0) is 24.1 Å². The first-order valence-electron chi connectivity index (χ1n) is 7.14. The van der Waals surface area contributed by atoms with E-state index < -0.39 is 0 Å². The highest BCUT2D eigenvalue weighted by Crippen LogP contribution is 2.23. The van der Waals surface area contributed by atoms with Gasteiger partial charge in [-0.2, -0.15) is 0 Å². The lowest BCUT2D eigenvalue weighted by atomic mass is 9.96. The average Bonchev–Trinajstić information content (AvgIpc) is 2.98. The van der Waals surface area contributed by atoms with Crippen LogP contribution in [0.15, 0.2) is 18.2 Å². The molecule has 2 nitrogen and oxygen atoms in total. The molecular formula is C16H21NO. The molecule has 1 fully saturated rings. The summed E-state index contributed by atoms with van der Waals surface area (Å²) in [4.78, 5) is 12.0. The second kappa shape index (κ2) is 5.23. The maximum atomic E-state index is 12.0. The van der Waals surface area contributed by atoms with Gasteiger partial charge in [0.15, 0.2) is 0 Å². The van der Waals surface area contributed by atoms with Crippen LogP contribution in [0.5, 0.6) is 0 Å². The van der Waals surface area contributed by atoms with Gasteiger partial charge in [-0.1, -0.05) is 18.2 Å². The highest BCUT2D eigenvalue weighted by molar-refractivity contribution is 5.81. The van der Waals surface area contributed by atoms with Crippen LogP contribution in [0, 0.1) is 5.92 Å². The van der Waals surface area contributed by atoms with E-state index in [4.69, 9.17) is 0 Å². The molecule has 0 aromatic heterocycles. The van der Waals surface area contributed by atoms with Gasteiger partial charge in [-0.25, -0.2) is 0 Å². The molecule has 0 bridgehead atoms. The Labute approximate surface area is 109 Å². The Bertz CT molecular complexity index is 446. The average molecular weight is 243 g/mol.